The summed E-state index contributed by atoms with van der Waals surface area (Å²) < 4.78 is 38.6. The van der Waals surface area contributed by atoms with E-state index in [9.17, 15) is 13.5 Å². The molecule has 138 valence electrons. The summed E-state index contributed by atoms with van der Waals surface area (Å²) in [6, 6.07) is 13.9. The first-order valence-corrected chi connectivity index (χ1v) is 9.57. The van der Waals surface area contributed by atoms with Gasteiger partial charge in [0, 0.05) is 11.9 Å². The average molecular weight is 375 g/mol. The van der Waals surface area contributed by atoms with Crippen LogP contribution < -0.4 is 9.46 Å². The van der Waals surface area contributed by atoms with Crippen LogP contribution in [0, 0.1) is 6.92 Å². The molecule has 0 amide bonds. The van der Waals surface area contributed by atoms with E-state index in [2.05, 4.69) is 4.72 Å². The number of fused-ring (bicyclic) bond motifs is 1. The van der Waals surface area contributed by atoms with Crippen LogP contribution in [0.5, 0.6) is 5.75 Å². The minimum absolute atomic E-state index is 0.0282. The number of aryl methyl sites for hydroxylation is 1. The van der Waals surface area contributed by atoms with Crippen molar-refractivity contribution in [3.63, 3.8) is 0 Å². The largest absolute Gasteiger partial charge is 0.495 e. The molecule has 0 aliphatic heterocycles. The zero-order valence-electron chi connectivity index (χ0n) is 14.8. The molecular formula is C19H21NO5S. The molecule has 2 N–H and O–H groups in total. The van der Waals surface area contributed by atoms with Crippen molar-refractivity contribution >= 4 is 21.0 Å². The molecule has 3 rings (SSSR count). The van der Waals surface area contributed by atoms with E-state index < -0.39 is 15.6 Å². The molecule has 0 fully saturated rings. The number of nitrogens with one attached hydrogen (secondary N) is 1. The highest BCUT2D eigenvalue weighted by Crippen LogP contribution is 2.29. The molecule has 3 aromatic rings. The lowest BCUT2D eigenvalue weighted by molar-refractivity contribution is 0.0411. The van der Waals surface area contributed by atoms with Crippen LogP contribution in [0.4, 0.5) is 0 Å². The van der Waals surface area contributed by atoms with Crippen molar-refractivity contribution in [1.82, 2.24) is 4.72 Å². The van der Waals surface area contributed by atoms with Crippen LogP contribution in [0.15, 0.2) is 57.8 Å². The first-order valence-electron chi connectivity index (χ1n) is 8.09. The summed E-state index contributed by atoms with van der Waals surface area (Å²) in [5.41, 5.74) is -0.0930. The van der Waals surface area contributed by atoms with Crippen LogP contribution in [0.25, 0.3) is 11.0 Å². The second-order valence-corrected chi connectivity index (χ2v) is 8.14. The normalized spacial score (nSPS) is 14.3. The molecule has 0 bridgehead atoms. The van der Waals surface area contributed by atoms with Crippen LogP contribution >= 0.6 is 0 Å². The molecule has 0 aliphatic carbocycles. The predicted molar refractivity (Wildman–Crippen MR) is 98.7 cm³/mol. The predicted octanol–water partition coefficient (Wildman–Crippen LogP) is 2.94. The van der Waals surface area contributed by atoms with Gasteiger partial charge in [-0.25, -0.2) is 13.1 Å². The molecule has 26 heavy (non-hydrogen) atoms. The Bertz CT molecular complexity index is 1000. The van der Waals surface area contributed by atoms with Crippen molar-refractivity contribution in [2.24, 2.45) is 0 Å². The van der Waals surface area contributed by atoms with Crippen LogP contribution in [0.2, 0.25) is 0 Å². The van der Waals surface area contributed by atoms with Crippen LogP contribution in [-0.4, -0.2) is 27.2 Å². The second kappa shape index (κ2) is 6.75. The van der Waals surface area contributed by atoms with Gasteiger partial charge in [0.15, 0.2) is 0 Å². The quantitative estimate of drug-likeness (QED) is 0.691. The lowest BCUT2D eigenvalue weighted by Gasteiger charge is -2.21. The number of rotatable bonds is 6. The summed E-state index contributed by atoms with van der Waals surface area (Å²) in [5.74, 6) is 0.532. The van der Waals surface area contributed by atoms with Crippen molar-refractivity contribution in [2.45, 2.75) is 24.3 Å². The Morgan fingerprint density at radius 3 is 2.62 bits per heavy atom. The van der Waals surface area contributed by atoms with Gasteiger partial charge in [0.1, 0.15) is 27.6 Å². The van der Waals surface area contributed by atoms with E-state index in [0.717, 1.165) is 10.9 Å². The van der Waals surface area contributed by atoms with E-state index in [1.807, 2.05) is 18.2 Å². The molecule has 1 unspecified atom stereocenters. The number of ether oxygens (including phenoxy) is 1. The van der Waals surface area contributed by atoms with Crippen molar-refractivity contribution in [3.05, 3.63) is 59.9 Å². The van der Waals surface area contributed by atoms with Crippen LogP contribution in [0.3, 0.4) is 0 Å². The Hall–Kier alpha value is -2.35. The molecule has 7 heteroatoms. The van der Waals surface area contributed by atoms with Crippen LogP contribution in [-0.2, 0) is 15.6 Å². The molecule has 0 saturated heterocycles. The smallest absolute Gasteiger partial charge is 0.244 e. The molecule has 0 aliphatic rings. The monoisotopic (exact) mass is 375 g/mol. The van der Waals surface area contributed by atoms with Gasteiger partial charge < -0.3 is 14.3 Å². The topological polar surface area (TPSA) is 88.8 Å². The molecule has 0 saturated carbocycles. The zero-order chi connectivity index (χ0) is 18.9. The van der Waals surface area contributed by atoms with E-state index in [1.165, 1.54) is 20.1 Å². The molecule has 0 spiro atoms. The van der Waals surface area contributed by atoms with E-state index >= 15 is 0 Å². The Labute approximate surface area is 152 Å². The van der Waals surface area contributed by atoms with E-state index in [0.29, 0.717) is 5.58 Å². The molecular weight excluding hydrogens is 354 g/mol. The van der Waals surface area contributed by atoms with Gasteiger partial charge in [-0.2, -0.15) is 0 Å². The summed E-state index contributed by atoms with van der Waals surface area (Å²) in [4.78, 5) is 0.0282. The Morgan fingerprint density at radius 2 is 1.92 bits per heavy atom. The third kappa shape index (κ3) is 3.60. The van der Waals surface area contributed by atoms with E-state index in [1.54, 1.807) is 31.2 Å². The van der Waals surface area contributed by atoms with Gasteiger partial charge in [-0.3, -0.25) is 0 Å². The lowest BCUT2D eigenvalue weighted by atomic mass is 10.0. The number of para-hydroxylation sites is 1. The van der Waals surface area contributed by atoms with E-state index in [-0.39, 0.29) is 22.9 Å². The lowest BCUT2D eigenvalue weighted by Crippen LogP contribution is -2.38. The van der Waals surface area contributed by atoms with Crippen molar-refractivity contribution < 1.29 is 22.7 Å². The highest BCUT2D eigenvalue weighted by atomic mass is 32.2. The fraction of sp³-hybridized carbons (Fsp3) is 0.263. The number of furan rings is 1. The number of benzene rings is 2. The fourth-order valence-corrected chi connectivity index (χ4v) is 4.03. The molecule has 6 nitrogen and oxygen atoms in total. The third-order valence-electron chi connectivity index (χ3n) is 4.17. The van der Waals surface area contributed by atoms with Crippen molar-refractivity contribution in [2.75, 3.05) is 13.7 Å². The summed E-state index contributed by atoms with van der Waals surface area (Å²) in [5, 5.41) is 11.6. The molecule has 1 heterocycles. The van der Waals surface area contributed by atoms with E-state index in [4.69, 9.17) is 9.15 Å². The molecule has 1 atom stereocenters. The van der Waals surface area contributed by atoms with Gasteiger partial charge in [0.2, 0.25) is 10.0 Å². The fourth-order valence-electron chi connectivity index (χ4n) is 2.64. The molecule has 2 aromatic carbocycles. The number of sulfonamides is 1. The number of hydrogen-bond acceptors (Lipinski definition) is 5. The van der Waals surface area contributed by atoms with Gasteiger partial charge in [0.25, 0.3) is 0 Å². The summed E-state index contributed by atoms with van der Waals surface area (Å²) in [6.45, 7) is 3.05. The van der Waals surface area contributed by atoms with Crippen molar-refractivity contribution in [3.8, 4) is 5.75 Å². The second-order valence-electron chi connectivity index (χ2n) is 6.40. The molecule has 1 aromatic heterocycles. The van der Waals surface area contributed by atoms with Gasteiger partial charge in [-0.15, -0.1) is 0 Å². The average Bonchev–Trinajstić information content (AvgIpc) is 3.05. The SMILES string of the molecule is COc1ccc(C)cc1S(=O)(=O)NCC(C)(O)c1cc2ccccc2o1. The Kier molecular flexibility index (Phi) is 4.79. The number of hydrogen-bond donors (Lipinski definition) is 2. The summed E-state index contributed by atoms with van der Waals surface area (Å²) >= 11 is 0. The van der Waals surface area contributed by atoms with Gasteiger partial charge in [-0.05, 0) is 43.7 Å². The highest BCUT2D eigenvalue weighted by molar-refractivity contribution is 7.89. The van der Waals surface area contributed by atoms with Gasteiger partial charge in [0.05, 0.1) is 7.11 Å². The third-order valence-corrected chi connectivity index (χ3v) is 5.59. The van der Waals surface area contributed by atoms with Gasteiger partial charge in [-0.1, -0.05) is 24.3 Å². The van der Waals surface area contributed by atoms with Gasteiger partial charge >= 0.3 is 0 Å². The zero-order valence-corrected chi connectivity index (χ0v) is 15.6. The van der Waals surface area contributed by atoms with Crippen LogP contribution in [0.1, 0.15) is 18.2 Å². The number of methoxy groups -OCH3 is 1. The Balaban J connectivity index is 1.85. The summed E-state index contributed by atoms with van der Waals surface area (Å²) in [6.07, 6.45) is 0. The number of aliphatic hydroxyl groups is 1. The summed E-state index contributed by atoms with van der Waals surface area (Å²) in [7, 11) is -2.46. The highest BCUT2D eigenvalue weighted by Gasteiger charge is 2.30. The van der Waals surface area contributed by atoms with Crippen molar-refractivity contribution in [1.29, 1.82) is 0 Å². The maximum atomic E-state index is 12.7. The Morgan fingerprint density at radius 1 is 1.19 bits per heavy atom. The minimum atomic E-state index is -3.87. The maximum absolute atomic E-state index is 12.7. The first-order chi connectivity index (χ1) is 12.2. The minimum Gasteiger partial charge on any atom is -0.495 e. The maximum Gasteiger partial charge on any atom is 0.244 e. The standard InChI is InChI=1S/C19H21NO5S/c1-13-8-9-16(24-3)17(10-13)26(22,23)20-12-19(2,21)18-11-14-6-4-5-7-15(14)25-18/h4-11,20-21H,12H2,1-3H3. The first kappa shape index (κ1) is 18.4. The molecule has 0 radical (unpaired) electrons.